The zero-order chi connectivity index (χ0) is 11.5. The number of furan rings is 1. The predicted octanol–water partition coefficient (Wildman–Crippen LogP) is 1.88. The summed E-state index contributed by atoms with van der Waals surface area (Å²) in [6, 6.07) is 2.07. The molecular formula is C13H22N2O. The molecule has 1 aromatic heterocycles. The smallest absolute Gasteiger partial charge is 0.105 e. The largest absolute Gasteiger partial charge is 0.469 e. The van der Waals surface area contributed by atoms with Gasteiger partial charge in [0.2, 0.25) is 0 Å². The molecule has 1 aliphatic heterocycles. The Kier molecular flexibility index (Phi) is 3.66. The van der Waals surface area contributed by atoms with Gasteiger partial charge in [0.15, 0.2) is 0 Å². The third kappa shape index (κ3) is 2.66. The first-order valence-electron chi connectivity index (χ1n) is 6.09. The molecule has 1 fully saturated rings. The maximum Gasteiger partial charge on any atom is 0.105 e. The van der Waals surface area contributed by atoms with Gasteiger partial charge in [-0.25, -0.2) is 0 Å². The Morgan fingerprint density at radius 2 is 2.31 bits per heavy atom. The molecule has 0 bridgehead atoms. The van der Waals surface area contributed by atoms with Gasteiger partial charge < -0.3 is 14.6 Å². The summed E-state index contributed by atoms with van der Waals surface area (Å²) in [4.78, 5) is 2.39. The van der Waals surface area contributed by atoms with E-state index < -0.39 is 0 Å². The van der Waals surface area contributed by atoms with E-state index in [1.807, 2.05) is 6.92 Å². The van der Waals surface area contributed by atoms with E-state index in [9.17, 15) is 0 Å². The molecule has 0 unspecified atom stereocenters. The van der Waals surface area contributed by atoms with Crippen LogP contribution in [0.3, 0.4) is 0 Å². The van der Waals surface area contributed by atoms with Gasteiger partial charge in [0.05, 0.1) is 6.26 Å². The molecule has 1 N–H and O–H groups in total. The summed E-state index contributed by atoms with van der Waals surface area (Å²) in [5.41, 5.74) is 1.31. The van der Waals surface area contributed by atoms with Crippen molar-refractivity contribution in [1.29, 1.82) is 0 Å². The van der Waals surface area contributed by atoms with Gasteiger partial charge in [-0.2, -0.15) is 0 Å². The van der Waals surface area contributed by atoms with Crippen LogP contribution in [0.25, 0.3) is 0 Å². The molecule has 2 atom stereocenters. The summed E-state index contributed by atoms with van der Waals surface area (Å²) in [7, 11) is 2.19. The van der Waals surface area contributed by atoms with Gasteiger partial charge in [0, 0.05) is 18.7 Å². The van der Waals surface area contributed by atoms with Crippen LogP contribution >= 0.6 is 0 Å². The maximum atomic E-state index is 5.32. The van der Waals surface area contributed by atoms with Crippen LogP contribution < -0.4 is 5.32 Å². The summed E-state index contributed by atoms with van der Waals surface area (Å²) in [5.74, 6) is 2.63. The Morgan fingerprint density at radius 1 is 1.50 bits per heavy atom. The summed E-state index contributed by atoms with van der Waals surface area (Å²) >= 11 is 0. The molecule has 90 valence electrons. The molecule has 3 heteroatoms. The highest BCUT2D eigenvalue weighted by molar-refractivity contribution is 5.15. The van der Waals surface area contributed by atoms with Crippen LogP contribution in [-0.4, -0.2) is 31.6 Å². The van der Waals surface area contributed by atoms with Crippen molar-refractivity contribution in [3.8, 4) is 0 Å². The minimum absolute atomic E-state index is 0.789. The highest BCUT2D eigenvalue weighted by Crippen LogP contribution is 2.18. The summed E-state index contributed by atoms with van der Waals surface area (Å²) in [6.45, 7) is 8.86. The normalized spacial score (nSPS) is 25.5. The number of nitrogens with one attached hydrogen (secondary N) is 1. The fourth-order valence-corrected chi connectivity index (χ4v) is 2.44. The fraction of sp³-hybridized carbons (Fsp3) is 0.692. The molecule has 2 rings (SSSR count). The van der Waals surface area contributed by atoms with Gasteiger partial charge in [-0.05, 0) is 45.0 Å². The lowest BCUT2D eigenvalue weighted by Gasteiger charge is -2.22. The minimum Gasteiger partial charge on any atom is -0.469 e. The standard InChI is InChI=1S/C13H22N2O/c1-10-6-14-7-13(10)9-15(3)8-12-4-5-16-11(12)2/h4-5,10,13-14H,6-9H2,1-3H3/t10-,13+/m1/s1. The highest BCUT2D eigenvalue weighted by atomic mass is 16.3. The van der Waals surface area contributed by atoms with Crippen molar-refractivity contribution < 1.29 is 4.42 Å². The van der Waals surface area contributed by atoms with Crippen molar-refractivity contribution in [2.45, 2.75) is 20.4 Å². The molecule has 0 spiro atoms. The Hall–Kier alpha value is -0.800. The number of aryl methyl sites for hydroxylation is 1. The van der Waals surface area contributed by atoms with Crippen LogP contribution in [0.15, 0.2) is 16.7 Å². The van der Waals surface area contributed by atoms with Crippen molar-refractivity contribution in [2.24, 2.45) is 11.8 Å². The van der Waals surface area contributed by atoms with E-state index in [4.69, 9.17) is 4.42 Å². The lowest BCUT2D eigenvalue weighted by atomic mass is 9.97. The monoisotopic (exact) mass is 222 g/mol. The molecule has 0 saturated carbocycles. The molecule has 1 aliphatic rings. The van der Waals surface area contributed by atoms with Gasteiger partial charge in [-0.1, -0.05) is 6.92 Å². The third-order valence-electron chi connectivity index (χ3n) is 3.63. The molecule has 2 heterocycles. The van der Waals surface area contributed by atoms with E-state index in [1.165, 1.54) is 18.7 Å². The number of hydrogen-bond donors (Lipinski definition) is 1. The van der Waals surface area contributed by atoms with Gasteiger partial charge in [0.25, 0.3) is 0 Å². The first kappa shape index (κ1) is 11.7. The van der Waals surface area contributed by atoms with Gasteiger partial charge in [-0.3, -0.25) is 0 Å². The predicted molar refractivity (Wildman–Crippen MR) is 65.3 cm³/mol. The number of hydrogen-bond acceptors (Lipinski definition) is 3. The van der Waals surface area contributed by atoms with Crippen molar-refractivity contribution >= 4 is 0 Å². The second-order valence-corrected chi connectivity index (χ2v) is 5.09. The molecule has 0 amide bonds. The van der Waals surface area contributed by atoms with E-state index in [1.54, 1.807) is 6.26 Å². The second-order valence-electron chi connectivity index (χ2n) is 5.09. The molecular weight excluding hydrogens is 200 g/mol. The second kappa shape index (κ2) is 5.02. The first-order chi connectivity index (χ1) is 7.66. The molecule has 0 aliphatic carbocycles. The van der Waals surface area contributed by atoms with Crippen molar-refractivity contribution in [2.75, 3.05) is 26.7 Å². The van der Waals surface area contributed by atoms with Crippen LogP contribution in [0.5, 0.6) is 0 Å². The lowest BCUT2D eigenvalue weighted by molar-refractivity contribution is 0.251. The van der Waals surface area contributed by atoms with Crippen LogP contribution in [0.4, 0.5) is 0 Å². The SMILES string of the molecule is Cc1occc1CN(C)C[C@@H]1CNC[C@H]1C. The summed E-state index contributed by atoms with van der Waals surface area (Å²) in [5, 5.41) is 3.45. The highest BCUT2D eigenvalue weighted by Gasteiger charge is 2.24. The van der Waals surface area contributed by atoms with Crippen LogP contribution in [-0.2, 0) is 6.54 Å². The summed E-state index contributed by atoms with van der Waals surface area (Å²) < 4.78 is 5.32. The van der Waals surface area contributed by atoms with E-state index >= 15 is 0 Å². The van der Waals surface area contributed by atoms with Crippen molar-refractivity contribution in [3.63, 3.8) is 0 Å². The first-order valence-corrected chi connectivity index (χ1v) is 6.09. The Labute approximate surface area is 97.8 Å². The van der Waals surface area contributed by atoms with Crippen LogP contribution in [0.1, 0.15) is 18.2 Å². The molecule has 16 heavy (non-hydrogen) atoms. The quantitative estimate of drug-likeness (QED) is 0.843. The van der Waals surface area contributed by atoms with Crippen molar-refractivity contribution in [1.82, 2.24) is 10.2 Å². The molecule has 3 nitrogen and oxygen atoms in total. The molecule has 1 aromatic rings. The molecule has 1 saturated heterocycles. The van der Waals surface area contributed by atoms with Crippen LogP contribution in [0, 0.1) is 18.8 Å². The van der Waals surface area contributed by atoms with Crippen LogP contribution in [0.2, 0.25) is 0 Å². The topological polar surface area (TPSA) is 28.4 Å². The third-order valence-corrected chi connectivity index (χ3v) is 3.63. The van der Waals surface area contributed by atoms with Gasteiger partial charge >= 0.3 is 0 Å². The fourth-order valence-electron chi connectivity index (χ4n) is 2.44. The Morgan fingerprint density at radius 3 is 2.88 bits per heavy atom. The zero-order valence-electron chi connectivity index (χ0n) is 10.5. The Bertz CT molecular complexity index is 334. The maximum absolute atomic E-state index is 5.32. The molecule has 0 radical (unpaired) electrons. The Balaban J connectivity index is 1.84. The van der Waals surface area contributed by atoms with Gasteiger partial charge in [0.1, 0.15) is 5.76 Å². The average Bonchev–Trinajstić information content (AvgIpc) is 2.79. The van der Waals surface area contributed by atoms with E-state index in [2.05, 4.69) is 30.3 Å². The average molecular weight is 222 g/mol. The number of rotatable bonds is 4. The van der Waals surface area contributed by atoms with E-state index in [0.717, 1.165) is 30.7 Å². The van der Waals surface area contributed by atoms with E-state index in [-0.39, 0.29) is 0 Å². The number of nitrogens with zero attached hydrogens (tertiary/aromatic N) is 1. The van der Waals surface area contributed by atoms with E-state index in [0.29, 0.717) is 0 Å². The van der Waals surface area contributed by atoms with Gasteiger partial charge in [-0.15, -0.1) is 0 Å². The minimum atomic E-state index is 0.789. The zero-order valence-corrected chi connectivity index (χ0v) is 10.5. The lowest BCUT2D eigenvalue weighted by Crippen LogP contribution is -2.28. The molecule has 0 aromatic carbocycles. The summed E-state index contributed by atoms with van der Waals surface area (Å²) in [6.07, 6.45) is 1.78. The van der Waals surface area contributed by atoms with Crippen molar-refractivity contribution in [3.05, 3.63) is 23.7 Å².